The third-order valence-electron chi connectivity index (χ3n) is 2.95. The quantitative estimate of drug-likeness (QED) is 0.565. The van der Waals surface area contributed by atoms with Crippen LogP contribution in [0, 0.1) is 5.82 Å². The zero-order chi connectivity index (χ0) is 18.1. The van der Waals surface area contributed by atoms with E-state index in [2.05, 4.69) is 31.5 Å². The summed E-state index contributed by atoms with van der Waals surface area (Å²) in [5.41, 5.74) is 1.38. The predicted molar refractivity (Wildman–Crippen MR) is 105 cm³/mol. The fourth-order valence-corrected chi connectivity index (χ4v) is 3.65. The minimum Gasteiger partial charge on any atom is -0.325 e. The molecule has 0 unspecified atom stereocenters. The molecule has 0 spiro atoms. The molecule has 2 rings (SSSR count). The van der Waals surface area contributed by atoms with Crippen molar-refractivity contribution in [1.82, 2.24) is 4.98 Å². The molecule has 0 radical (unpaired) electrons. The summed E-state index contributed by atoms with van der Waals surface area (Å²) in [5.74, 6) is 0.291. The smallest absolute Gasteiger partial charge is 0.234 e. The molecule has 0 aliphatic carbocycles. The first-order valence-corrected chi connectivity index (χ1v) is 10.7. The number of carbonyl (C=O) groups is 2. The third-order valence-corrected chi connectivity index (χ3v) is 5.28. The van der Waals surface area contributed by atoms with E-state index in [1.54, 1.807) is 0 Å². The Morgan fingerprint density at radius 2 is 1.96 bits per heavy atom. The van der Waals surface area contributed by atoms with Crippen LogP contribution in [0.5, 0.6) is 0 Å². The highest BCUT2D eigenvalue weighted by molar-refractivity contribution is 9.09. The van der Waals surface area contributed by atoms with Gasteiger partial charge in [-0.05, 0) is 30.7 Å². The lowest BCUT2D eigenvalue weighted by atomic mass is 10.3. The minimum atomic E-state index is -0.342. The van der Waals surface area contributed by atoms with Crippen molar-refractivity contribution >= 4 is 61.7 Å². The van der Waals surface area contributed by atoms with Gasteiger partial charge in [0.15, 0.2) is 5.13 Å². The van der Waals surface area contributed by atoms with Gasteiger partial charge in [-0.15, -0.1) is 23.1 Å². The van der Waals surface area contributed by atoms with Crippen LogP contribution in [-0.4, -0.2) is 27.9 Å². The number of anilines is 2. The Hall–Kier alpha value is -1.45. The van der Waals surface area contributed by atoms with Crippen LogP contribution in [0.3, 0.4) is 0 Å². The van der Waals surface area contributed by atoms with Crippen LogP contribution in [0.15, 0.2) is 29.6 Å². The van der Waals surface area contributed by atoms with Gasteiger partial charge in [-0.3, -0.25) is 9.59 Å². The average molecular weight is 446 g/mol. The molecule has 1 heterocycles. The van der Waals surface area contributed by atoms with Gasteiger partial charge < -0.3 is 10.6 Å². The lowest BCUT2D eigenvalue weighted by Crippen LogP contribution is -2.14. The molecule has 0 aliphatic heterocycles. The molecular formula is C16H17BrFN3O2S2. The predicted octanol–water partition coefficient (Wildman–Crippen LogP) is 4.27. The number of amides is 2. The van der Waals surface area contributed by atoms with Gasteiger partial charge in [0.05, 0.1) is 11.4 Å². The molecule has 0 atom stereocenters. The van der Waals surface area contributed by atoms with Gasteiger partial charge in [0.1, 0.15) is 5.82 Å². The summed E-state index contributed by atoms with van der Waals surface area (Å²) in [7, 11) is 0. The molecule has 0 bridgehead atoms. The van der Waals surface area contributed by atoms with Gasteiger partial charge in [0.25, 0.3) is 0 Å². The molecule has 1 aromatic heterocycles. The number of thiazole rings is 1. The highest BCUT2D eigenvalue weighted by atomic mass is 79.9. The van der Waals surface area contributed by atoms with Crippen molar-refractivity contribution in [2.24, 2.45) is 0 Å². The average Bonchev–Trinajstić information content (AvgIpc) is 3.02. The summed E-state index contributed by atoms with van der Waals surface area (Å²) in [6, 6.07) is 5.63. The van der Waals surface area contributed by atoms with Crippen LogP contribution >= 0.6 is 39.0 Å². The fraction of sp³-hybridized carbons (Fsp3) is 0.312. The summed E-state index contributed by atoms with van der Waals surface area (Å²) >= 11 is 6.08. The molecule has 5 nitrogen and oxygen atoms in total. The minimum absolute atomic E-state index is 0.0494. The van der Waals surface area contributed by atoms with Gasteiger partial charge >= 0.3 is 0 Å². The fourth-order valence-electron chi connectivity index (χ4n) is 1.82. The van der Waals surface area contributed by atoms with Crippen molar-refractivity contribution in [1.29, 1.82) is 0 Å². The monoisotopic (exact) mass is 445 g/mol. The second-order valence-corrected chi connectivity index (χ2v) is 7.67. The zero-order valence-corrected chi connectivity index (χ0v) is 16.5. The molecular weight excluding hydrogens is 429 g/mol. The third kappa shape index (κ3) is 7.54. The number of nitrogens with one attached hydrogen (secondary N) is 2. The zero-order valence-electron chi connectivity index (χ0n) is 13.3. The first kappa shape index (κ1) is 19.9. The van der Waals surface area contributed by atoms with Crippen molar-refractivity contribution < 1.29 is 14.0 Å². The van der Waals surface area contributed by atoms with E-state index in [1.165, 1.54) is 47.4 Å². The first-order valence-electron chi connectivity index (χ1n) is 7.50. The molecule has 2 aromatic rings. The number of rotatable bonds is 9. The number of nitrogens with zero attached hydrogens (tertiary/aromatic N) is 1. The number of hydrogen-bond acceptors (Lipinski definition) is 5. The Morgan fingerprint density at radius 1 is 1.20 bits per heavy atom. The maximum absolute atomic E-state index is 12.8. The van der Waals surface area contributed by atoms with Crippen LogP contribution < -0.4 is 10.6 Å². The van der Waals surface area contributed by atoms with E-state index in [1.807, 2.05) is 5.38 Å². The highest BCUT2D eigenvalue weighted by Gasteiger charge is 2.08. The molecule has 0 saturated carbocycles. The van der Waals surface area contributed by atoms with E-state index in [4.69, 9.17) is 0 Å². The summed E-state index contributed by atoms with van der Waals surface area (Å²) in [6.45, 7) is 0. The number of aromatic nitrogens is 1. The second kappa shape index (κ2) is 10.5. The van der Waals surface area contributed by atoms with Gasteiger partial charge in [0, 0.05) is 28.6 Å². The van der Waals surface area contributed by atoms with E-state index in [0.29, 0.717) is 23.0 Å². The van der Waals surface area contributed by atoms with E-state index in [-0.39, 0.29) is 23.4 Å². The molecule has 25 heavy (non-hydrogen) atoms. The van der Waals surface area contributed by atoms with Crippen LogP contribution in [-0.2, 0) is 15.3 Å². The largest absolute Gasteiger partial charge is 0.325 e. The van der Waals surface area contributed by atoms with Gasteiger partial charge in [0.2, 0.25) is 11.8 Å². The van der Waals surface area contributed by atoms with E-state index < -0.39 is 0 Å². The number of carbonyl (C=O) groups excluding carboxylic acids is 2. The van der Waals surface area contributed by atoms with Crippen molar-refractivity contribution in [2.45, 2.75) is 18.6 Å². The molecule has 2 amide bonds. The van der Waals surface area contributed by atoms with E-state index in [0.717, 1.165) is 17.4 Å². The molecule has 2 N–H and O–H groups in total. The SMILES string of the molecule is O=C(CSCc1csc(NC(=O)CCCBr)n1)Nc1ccc(F)cc1. The van der Waals surface area contributed by atoms with Gasteiger partial charge in [-0.1, -0.05) is 15.9 Å². The van der Waals surface area contributed by atoms with E-state index in [9.17, 15) is 14.0 Å². The second-order valence-electron chi connectivity index (χ2n) is 5.03. The lowest BCUT2D eigenvalue weighted by molar-refractivity contribution is -0.116. The Balaban J connectivity index is 1.70. The van der Waals surface area contributed by atoms with Crippen molar-refractivity contribution in [2.75, 3.05) is 21.7 Å². The molecule has 1 aromatic carbocycles. The van der Waals surface area contributed by atoms with E-state index >= 15 is 0 Å². The summed E-state index contributed by atoms with van der Waals surface area (Å²) in [4.78, 5) is 27.8. The normalized spacial score (nSPS) is 10.5. The van der Waals surface area contributed by atoms with Crippen molar-refractivity contribution in [3.63, 3.8) is 0 Å². The summed E-state index contributed by atoms with van der Waals surface area (Å²) in [5, 5.41) is 8.70. The Kier molecular flexibility index (Phi) is 8.36. The summed E-state index contributed by atoms with van der Waals surface area (Å²) < 4.78 is 12.8. The van der Waals surface area contributed by atoms with Crippen LogP contribution in [0.25, 0.3) is 0 Å². The molecule has 0 saturated heterocycles. The standard InChI is InChI=1S/C16H17BrFN3O2S2/c17-7-1-2-14(22)21-16-20-13(9-25-16)8-24-10-15(23)19-12-5-3-11(18)4-6-12/h3-6,9H,1-2,7-8,10H2,(H,19,23)(H,20,21,22). The van der Waals surface area contributed by atoms with Crippen LogP contribution in [0.4, 0.5) is 15.2 Å². The van der Waals surface area contributed by atoms with Crippen molar-refractivity contribution in [3.8, 4) is 0 Å². The van der Waals surface area contributed by atoms with Crippen LogP contribution in [0.1, 0.15) is 18.5 Å². The number of alkyl halides is 1. The first-order chi connectivity index (χ1) is 12.1. The molecule has 134 valence electrons. The van der Waals surface area contributed by atoms with Crippen molar-refractivity contribution in [3.05, 3.63) is 41.2 Å². The number of hydrogen-bond donors (Lipinski definition) is 2. The Bertz CT molecular complexity index is 710. The topological polar surface area (TPSA) is 71.1 Å². The molecule has 0 fully saturated rings. The van der Waals surface area contributed by atoms with Crippen LogP contribution in [0.2, 0.25) is 0 Å². The Labute approximate surface area is 161 Å². The maximum atomic E-state index is 12.8. The highest BCUT2D eigenvalue weighted by Crippen LogP contribution is 2.20. The maximum Gasteiger partial charge on any atom is 0.234 e. The van der Waals surface area contributed by atoms with Gasteiger partial charge in [-0.25, -0.2) is 9.37 Å². The number of thioether (sulfide) groups is 1. The Morgan fingerprint density at radius 3 is 2.68 bits per heavy atom. The molecule has 0 aliphatic rings. The summed E-state index contributed by atoms with van der Waals surface area (Å²) in [6.07, 6.45) is 1.24. The lowest BCUT2D eigenvalue weighted by Gasteiger charge is -2.04. The van der Waals surface area contributed by atoms with Gasteiger partial charge in [-0.2, -0.15) is 0 Å². The number of halogens is 2. The molecule has 9 heteroatoms. The number of benzene rings is 1.